The van der Waals surface area contributed by atoms with Gasteiger partial charge in [-0.15, -0.1) is 0 Å². The zero-order valence-corrected chi connectivity index (χ0v) is 13.6. The Balaban J connectivity index is 1.88. The number of amides is 1. The number of allylic oxidation sites excluding steroid dienone is 1. The summed E-state index contributed by atoms with van der Waals surface area (Å²) in [4.78, 5) is 18.4. The van der Waals surface area contributed by atoms with Gasteiger partial charge in [0.25, 0.3) is 5.91 Å². The highest BCUT2D eigenvalue weighted by Gasteiger charge is 2.09. The number of para-hydroxylation sites is 1. The Kier molecular flexibility index (Phi) is 4.48. The molecule has 0 aliphatic carbocycles. The molecule has 0 saturated heterocycles. The van der Waals surface area contributed by atoms with Gasteiger partial charge < -0.3 is 15.5 Å². The molecule has 0 atom stereocenters. The number of aromatic amines is 1. The number of carbonyl (C=O) groups excluding carboxylic acids is 1. The molecule has 0 bridgehead atoms. The predicted molar refractivity (Wildman–Crippen MR) is 95.4 cm³/mol. The number of aryl methyl sites for hydroxylation is 1. The van der Waals surface area contributed by atoms with Gasteiger partial charge in [0, 0.05) is 0 Å². The number of ether oxygens (including phenoxy) is 1. The molecule has 1 heterocycles. The topological polar surface area (TPSA) is 105 Å². The molecule has 0 radical (unpaired) electrons. The molecule has 3 rings (SSSR count). The van der Waals surface area contributed by atoms with Crippen molar-refractivity contribution in [2.24, 2.45) is 5.73 Å². The summed E-state index contributed by atoms with van der Waals surface area (Å²) in [6.07, 6.45) is 1.74. The lowest BCUT2D eigenvalue weighted by Gasteiger charge is -2.03. The number of imidazole rings is 1. The molecule has 124 valence electrons. The van der Waals surface area contributed by atoms with Crippen molar-refractivity contribution < 1.29 is 9.53 Å². The van der Waals surface area contributed by atoms with Crippen molar-refractivity contribution in [1.82, 2.24) is 9.97 Å². The first kappa shape index (κ1) is 16.3. The van der Waals surface area contributed by atoms with E-state index in [-0.39, 0.29) is 6.61 Å². The highest BCUT2D eigenvalue weighted by atomic mass is 16.5. The van der Waals surface area contributed by atoms with E-state index in [2.05, 4.69) is 16.0 Å². The molecule has 6 nitrogen and oxygen atoms in total. The van der Waals surface area contributed by atoms with Crippen molar-refractivity contribution in [1.29, 1.82) is 5.26 Å². The summed E-state index contributed by atoms with van der Waals surface area (Å²) in [6.45, 7) is 1.81. The summed E-state index contributed by atoms with van der Waals surface area (Å²) >= 11 is 0. The monoisotopic (exact) mass is 332 g/mol. The second kappa shape index (κ2) is 6.89. The normalized spacial score (nSPS) is 11.3. The van der Waals surface area contributed by atoms with Crippen LogP contribution in [0, 0.1) is 18.3 Å². The number of nitrogens with two attached hydrogens (primary N) is 1. The molecule has 0 unspecified atom stereocenters. The van der Waals surface area contributed by atoms with Gasteiger partial charge >= 0.3 is 0 Å². The van der Waals surface area contributed by atoms with Crippen LogP contribution >= 0.6 is 0 Å². The number of nitrogens with one attached hydrogen (secondary N) is 1. The average Bonchev–Trinajstić information content (AvgIpc) is 3.04. The first-order valence-electron chi connectivity index (χ1n) is 7.65. The van der Waals surface area contributed by atoms with Crippen LogP contribution in [0.3, 0.4) is 0 Å². The quantitative estimate of drug-likeness (QED) is 0.701. The van der Waals surface area contributed by atoms with Crippen LogP contribution in [-0.4, -0.2) is 22.5 Å². The third kappa shape index (κ3) is 3.67. The number of nitriles is 1. The molecule has 0 fully saturated rings. The van der Waals surface area contributed by atoms with Crippen molar-refractivity contribution >= 4 is 28.6 Å². The van der Waals surface area contributed by atoms with Gasteiger partial charge in [0.2, 0.25) is 0 Å². The fourth-order valence-corrected chi connectivity index (χ4v) is 2.44. The second-order valence-electron chi connectivity index (χ2n) is 5.55. The lowest BCUT2D eigenvalue weighted by Crippen LogP contribution is -2.19. The van der Waals surface area contributed by atoms with E-state index in [1.54, 1.807) is 30.3 Å². The Morgan fingerprint density at radius 3 is 2.72 bits per heavy atom. The van der Waals surface area contributed by atoms with Crippen LogP contribution in [0.2, 0.25) is 0 Å². The number of H-pyrrole nitrogens is 1. The van der Waals surface area contributed by atoms with Gasteiger partial charge in [0.15, 0.2) is 6.61 Å². The second-order valence-corrected chi connectivity index (χ2v) is 5.55. The Morgan fingerprint density at radius 1 is 1.32 bits per heavy atom. The van der Waals surface area contributed by atoms with E-state index in [1.807, 2.05) is 25.1 Å². The van der Waals surface area contributed by atoms with Crippen LogP contribution in [0.5, 0.6) is 5.75 Å². The summed E-state index contributed by atoms with van der Waals surface area (Å²) in [5.74, 6) is 0.533. The van der Waals surface area contributed by atoms with E-state index in [9.17, 15) is 10.1 Å². The fraction of sp³-hybridized carbons (Fsp3) is 0.105. The Bertz CT molecular complexity index is 994. The largest absolute Gasteiger partial charge is 0.484 e. The van der Waals surface area contributed by atoms with Crippen LogP contribution in [0.1, 0.15) is 17.0 Å². The maximum atomic E-state index is 10.7. The third-order valence-corrected chi connectivity index (χ3v) is 3.66. The SMILES string of the molecule is Cc1cccc2[nH]c(/C(C#N)=C/c3ccc(OCC(N)=O)cc3)nc12. The van der Waals surface area contributed by atoms with Crippen molar-refractivity contribution in [2.45, 2.75) is 6.92 Å². The first-order chi connectivity index (χ1) is 12.1. The van der Waals surface area contributed by atoms with E-state index in [0.717, 1.165) is 22.2 Å². The van der Waals surface area contributed by atoms with E-state index in [0.29, 0.717) is 17.1 Å². The highest BCUT2D eigenvalue weighted by Crippen LogP contribution is 2.22. The van der Waals surface area contributed by atoms with Crippen molar-refractivity contribution in [2.75, 3.05) is 6.61 Å². The zero-order chi connectivity index (χ0) is 17.8. The zero-order valence-electron chi connectivity index (χ0n) is 13.6. The Labute approximate surface area is 144 Å². The van der Waals surface area contributed by atoms with E-state index >= 15 is 0 Å². The van der Waals surface area contributed by atoms with Crippen molar-refractivity contribution in [3.63, 3.8) is 0 Å². The molecule has 1 amide bonds. The Morgan fingerprint density at radius 2 is 2.08 bits per heavy atom. The van der Waals surface area contributed by atoms with Gasteiger partial charge in [-0.25, -0.2) is 4.98 Å². The number of hydrogen-bond donors (Lipinski definition) is 2. The van der Waals surface area contributed by atoms with E-state index in [1.165, 1.54) is 0 Å². The number of hydrogen-bond acceptors (Lipinski definition) is 4. The summed E-state index contributed by atoms with van der Waals surface area (Å²) in [7, 11) is 0. The molecule has 25 heavy (non-hydrogen) atoms. The van der Waals surface area contributed by atoms with Gasteiger partial charge in [-0.1, -0.05) is 24.3 Å². The summed E-state index contributed by atoms with van der Waals surface area (Å²) in [5, 5.41) is 9.48. The molecular weight excluding hydrogens is 316 g/mol. The first-order valence-corrected chi connectivity index (χ1v) is 7.65. The van der Waals surface area contributed by atoms with Crippen LogP contribution in [0.15, 0.2) is 42.5 Å². The molecule has 6 heteroatoms. The number of benzene rings is 2. The third-order valence-electron chi connectivity index (χ3n) is 3.66. The maximum absolute atomic E-state index is 10.7. The molecular formula is C19H16N4O2. The van der Waals surface area contributed by atoms with Crippen LogP contribution < -0.4 is 10.5 Å². The minimum absolute atomic E-state index is 0.170. The molecule has 3 N–H and O–H groups in total. The smallest absolute Gasteiger partial charge is 0.255 e. The summed E-state index contributed by atoms with van der Waals surface area (Å²) in [6, 6.07) is 15.0. The number of aromatic nitrogens is 2. The van der Waals surface area contributed by atoms with Crippen LogP contribution in [0.25, 0.3) is 22.7 Å². The molecule has 0 spiro atoms. The van der Waals surface area contributed by atoms with Gasteiger partial charge in [0.1, 0.15) is 17.6 Å². The average molecular weight is 332 g/mol. The molecule has 2 aromatic carbocycles. The number of rotatable bonds is 5. The van der Waals surface area contributed by atoms with Gasteiger partial charge in [-0.3, -0.25) is 4.79 Å². The van der Waals surface area contributed by atoms with E-state index < -0.39 is 5.91 Å². The summed E-state index contributed by atoms with van der Waals surface area (Å²) < 4.78 is 5.21. The standard InChI is InChI=1S/C19H16N4O2/c1-12-3-2-4-16-18(12)23-19(22-16)14(10-20)9-13-5-7-15(8-6-13)25-11-17(21)24/h2-9H,11H2,1H3,(H2,21,24)(H,22,23)/b14-9+. The van der Waals surface area contributed by atoms with Gasteiger partial charge in [-0.2, -0.15) is 5.26 Å². The lowest BCUT2D eigenvalue weighted by atomic mass is 10.1. The van der Waals surface area contributed by atoms with Crippen LogP contribution in [-0.2, 0) is 4.79 Å². The molecule has 0 aliphatic rings. The molecule has 0 saturated carbocycles. The van der Waals surface area contributed by atoms with E-state index in [4.69, 9.17) is 10.5 Å². The number of nitrogens with zero attached hydrogens (tertiary/aromatic N) is 2. The summed E-state index contributed by atoms with van der Waals surface area (Å²) in [5.41, 5.74) is 9.09. The Hall–Kier alpha value is -3.59. The van der Waals surface area contributed by atoms with Crippen LogP contribution in [0.4, 0.5) is 0 Å². The van der Waals surface area contributed by atoms with Gasteiger partial charge in [0.05, 0.1) is 16.6 Å². The number of primary amides is 1. The molecule has 0 aliphatic heterocycles. The predicted octanol–water partition coefficient (Wildman–Crippen LogP) is 2.80. The lowest BCUT2D eigenvalue weighted by molar-refractivity contribution is -0.119. The number of carbonyl (C=O) groups is 1. The fourth-order valence-electron chi connectivity index (χ4n) is 2.44. The van der Waals surface area contributed by atoms with Gasteiger partial charge in [-0.05, 0) is 42.3 Å². The molecule has 1 aromatic heterocycles. The van der Waals surface area contributed by atoms with Crippen molar-refractivity contribution in [3.05, 3.63) is 59.4 Å². The minimum atomic E-state index is -0.532. The van der Waals surface area contributed by atoms with Crippen molar-refractivity contribution in [3.8, 4) is 11.8 Å². The minimum Gasteiger partial charge on any atom is -0.484 e. The number of fused-ring (bicyclic) bond motifs is 1. The molecule has 3 aromatic rings. The highest BCUT2D eigenvalue weighted by molar-refractivity contribution is 5.91. The maximum Gasteiger partial charge on any atom is 0.255 e.